The predicted molar refractivity (Wildman–Crippen MR) is 89.6 cm³/mol. The lowest BCUT2D eigenvalue weighted by Crippen LogP contribution is -2.52. The highest BCUT2D eigenvalue weighted by molar-refractivity contribution is 5.44. The van der Waals surface area contributed by atoms with Crippen LogP contribution in [-0.2, 0) is 4.74 Å². The van der Waals surface area contributed by atoms with Crippen LogP contribution in [0.15, 0.2) is 35.5 Å². The van der Waals surface area contributed by atoms with Crippen molar-refractivity contribution >= 4 is 0 Å². The zero-order valence-electron chi connectivity index (χ0n) is 14.4. The molecule has 0 amide bonds. The molecule has 0 spiro atoms. The number of rotatable bonds is 1. The Morgan fingerprint density at radius 1 is 1.22 bits per heavy atom. The van der Waals surface area contributed by atoms with Crippen LogP contribution in [0.25, 0.3) is 0 Å². The maximum Gasteiger partial charge on any atom is 0.189 e. The molecule has 0 aromatic rings. The van der Waals surface area contributed by atoms with Gasteiger partial charge in [-0.25, -0.2) is 0 Å². The Kier molecular flexibility index (Phi) is 3.27. The van der Waals surface area contributed by atoms with Gasteiger partial charge in [-0.2, -0.15) is 0 Å². The first-order valence-corrected chi connectivity index (χ1v) is 8.91. The van der Waals surface area contributed by atoms with Crippen molar-refractivity contribution in [2.24, 2.45) is 22.7 Å². The van der Waals surface area contributed by atoms with E-state index in [1.54, 1.807) is 13.2 Å². The number of fused-ring (bicyclic) bond motifs is 4. The molecule has 5 atom stereocenters. The highest BCUT2D eigenvalue weighted by atomic mass is 16.5. The fraction of sp³-hybridized carbons (Fsp3) is 0.700. The Balaban J connectivity index is 1.88. The fourth-order valence-electron chi connectivity index (χ4n) is 5.72. The number of hydrogen-bond donors (Lipinski definition) is 2. The maximum absolute atomic E-state index is 10.5. The number of allylic oxidation sites excluding steroid dienone is 4. The van der Waals surface area contributed by atoms with E-state index in [0.717, 1.165) is 25.7 Å². The molecule has 0 bridgehead atoms. The molecule has 0 saturated carbocycles. The van der Waals surface area contributed by atoms with E-state index in [4.69, 9.17) is 4.74 Å². The van der Waals surface area contributed by atoms with Crippen LogP contribution in [0.5, 0.6) is 0 Å². The smallest absolute Gasteiger partial charge is 0.189 e. The summed E-state index contributed by atoms with van der Waals surface area (Å²) in [4.78, 5) is 0. The van der Waals surface area contributed by atoms with Gasteiger partial charge in [0.15, 0.2) is 5.79 Å². The van der Waals surface area contributed by atoms with Crippen molar-refractivity contribution in [1.82, 2.24) is 0 Å². The molecule has 0 heterocycles. The molecule has 0 radical (unpaired) electrons. The van der Waals surface area contributed by atoms with E-state index in [-0.39, 0.29) is 17.4 Å². The molecule has 126 valence electrons. The summed E-state index contributed by atoms with van der Waals surface area (Å²) in [6.45, 7) is 4.39. The Labute approximate surface area is 138 Å². The molecule has 2 N–H and O–H groups in total. The molecular formula is C20H28O3. The highest BCUT2D eigenvalue weighted by Gasteiger charge is 2.59. The predicted octanol–water partition coefficient (Wildman–Crippen LogP) is 3.34. The van der Waals surface area contributed by atoms with Crippen LogP contribution >= 0.6 is 0 Å². The molecule has 0 fully saturated rings. The van der Waals surface area contributed by atoms with Crippen molar-refractivity contribution in [3.05, 3.63) is 35.5 Å². The summed E-state index contributed by atoms with van der Waals surface area (Å²) in [7, 11) is 1.80. The van der Waals surface area contributed by atoms with Crippen LogP contribution < -0.4 is 0 Å². The molecule has 4 rings (SSSR count). The van der Waals surface area contributed by atoms with Gasteiger partial charge < -0.3 is 14.9 Å². The van der Waals surface area contributed by atoms with Crippen LogP contribution in [0.2, 0.25) is 0 Å². The van der Waals surface area contributed by atoms with Crippen molar-refractivity contribution < 1.29 is 14.9 Å². The lowest BCUT2D eigenvalue weighted by Gasteiger charge is -2.54. The minimum absolute atomic E-state index is 0.0688. The van der Waals surface area contributed by atoms with Gasteiger partial charge in [0, 0.05) is 23.9 Å². The van der Waals surface area contributed by atoms with Gasteiger partial charge >= 0.3 is 0 Å². The van der Waals surface area contributed by atoms with Crippen LogP contribution in [0.3, 0.4) is 0 Å². The standard InChI is InChI=1S/C20H28O3/c1-18-9-5-4-6-13(18)12-16(23-3)17-14(18)7-10-19(2)15(17)8-11-20(19,21)22/h5,8-9,11,13,15-16,21-22H,4,6-7,10,12H2,1-3H3/t13?,15-,16?,18-,19-/m0/s1. The largest absolute Gasteiger partial charge is 0.377 e. The number of hydrogen-bond acceptors (Lipinski definition) is 3. The summed E-state index contributed by atoms with van der Waals surface area (Å²) in [5.41, 5.74) is 2.41. The van der Waals surface area contributed by atoms with Crippen molar-refractivity contribution in [2.45, 2.75) is 57.8 Å². The minimum atomic E-state index is -1.71. The third-order valence-electron chi connectivity index (χ3n) is 7.40. The summed E-state index contributed by atoms with van der Waals surface area (Å²) in [6, 6.07) is 0. The first-order valence-electron chi connectivity index (χ1n) is 8.91. The normalized spacial score (nSPS) is 47.3. The van der Waals surface area contributed by atoms with Gasteiger partial charge in [-0.15, -0.1) is 0 Å². The molecule has 4 aliphatic rings. The summed E-state index contributed by atoms with van der Waals surface area (Å²) < 4.78 is 5.90. The number of aliphatic hydroxyl groups is 2. The van der Waals surface area contributed by atoms with Gasteiger partial charge in [0.25, 0.3) is 0 Å². The number of ether oxygens (including phenoxy) is 1. The van der Waals surface area contributed by atoms with E-state index in [0.29, 0.717) is 5.92 Å². The Bertz CT molecular complexity index is 614. The van der Waals surface area contributed by atoms with Crippen molar-refractivity contribution in [2.75, 3.05) is 7.11 Å². The summed E-state index contributed by atoms with van der Waals surface area (Å²) in [5, 5.41) is 21.0. The second-order valence-corrected chi connectivity index (χ2v) is 8.33. The van der Waals surface area contributed by atoms with Crippen LogP contribution in [0.1, 0.15) is 46.0 Å². The second kappa shape index (κ2) is 4.81. The number of methoxy groups -OCH3 is 1. The Morgan fingerprint density at radius 2 is 2.00 bits per heavy atom. The average Bonchev–Trinajstić information content (AvgIpc) is 2.76. The van der Waals surface area contributed by atoms with Gasteiger partial charge in [0.05, 0.1) is 6.10 Å². The van der Waals surface area contributed by atoms with Crippen molar-refractivity contribution in [1.29, 1.82) is 0 Å². The lowest BCUT2D eigenvalue weighted by molar-refractivity contribution is -0.206. The SMILES string of the molecule is COC1CC2CCC=C[C@]2(C)C2=C1[C@@H]1C=CC(O)(O)[C@@]1(C)CC2. The summed E-state index contributed by atoms with van der Waals surface area (Å²) >= 11 is 0. The van der Waals surface area contributed by atoms with Crippen molar-refractivity contribution in [3.63, 3.8) is 0 Å². The molecule has 23 heavy (non-hydrogen) atoms. The Morgan fingerprint density at radius 3 is 2.74 bits per heavy atom. The Hall–Kier alpha value is -0.900. The third kappa shape index (κ3) is 1.87. The molecule has 3 heteroatoms. The zero-order chi connectivity index (χ0) is 16.5. The van der Waals surface area contributed by atoms with E-state index < -0.39 is 11.2 Å². The first kappa shape index (κ1) is 15.6. The molecule has 0 aromatic heterocycles. The molecule has 3 nitrogen and oxygen atoms in total. The van der Waals surface area contributed by atoms with Gasteiger partial charge in [0.1, 0.15) is 0 Å². The molecule has 4 aliphatic carbocycles. The van der Waals surface area contributed by atoms with Crippen LogP contribution in [-0.4, -0.2) is 29.2 Å². The zero-order valence-corrected chi connectivity index (χ0v) is 14.4. The minimum Gasteiger partial charge on any atom is -0.377 e. The molecule has 0 aliphatic heterocycles. The molecular weight excluding hydrogens is 288 g/mol. The molecule has 0 saturated heterocycles. The maximum atomic E-state index is 10.5. The second-order valence-electron chi connectivity index (χ2n) is 8.33. The van der Waals surface area contributed by atoms with Crippen LogP contribution in [0.4, 0.5) is 0 Å². The topological polar surface area (TPSA) is 49.7 Å². The van der Waals surface area contributed by atoms with Gasteiger partial charge in [-0.3, -0.25) is 0 Å². The van der Waals surface area contributed by atoms with Crippen LogP contribution in [0, 0.1) is 22.7 Å². The fourth-order valence-corrected chi connectivity index (χ4v) is 5.72. The van der Waals surface area contributed by atoms with E-state index in [2.05, 4.69) is 19.1 Å². The molecule has 2 unspecified atom stereocenters. The monoisotopic (exact) mass is 316 g/mol. The summed E-state index contributed by atoms with van der Waals surface area (Å²) in [6.07, 6.45) is 13.6. The van der Waals surface area contributed by atoms with Gasteiger partial charge in [0.2, 0.25) is 0 Å². The molecule has 0 aromatic carbocycles. The quantitative estimate of drug-likeness (QED) is 0.576. The average molecular weight is 316 g/mol. The summed E-state index contributed by atoms with van der Waals surface area (Å²) in [5.74, 6) is -1.01. The lowest BCUT2D eigenvalue weighted by atomic mass is 9.52. The highest BCUT2D eigenvalue weighted by Crippen LogP contribution is 2.62. The van der Waals surface area contributed by atoms with E-state index in [9.17, 15) is 10.2 Å². The van der Waals surface area contributed by atoms with E-state index in [1.807, 2.05) is 13.0 Å². The van der Waals surface area contributed by atoms with E-state index >= 15 is 0 Å². The van der Waals surface area contributed by atoms with Crippen molar-refractivity contribution in [3.8, 4) is 0 Å². The third-order valence-corrected chi connectivity index (χ3v) is 7.40. The first-order chi connectivity index (χ1) is 10.8. The van der Waals surface area contributed by atoms with Gasteiger partial charge in [-0.05, 0) is 49.7 Å². The van der Waals surface area contributed by atoms with E-state index in [1.165, 1.54) is 17.6 Å². The van der Waals surface area contributed by atoms with Gasteiger partial charge in [-0.1, -0.05) is 37.6 Å².